The third kappa shape index (κ3) is 1.74. The van der Waals surface area contributed by atoms with Gasteiger partial charge in [-0.05, 0) is 17.4 Å². The van der Waals surface area contributed by atoms with Crippen LogP contribution in [0, 0.1) is 0 Å². The van der Waals surface area contributed by atoms with Crippen molar-refractivity contribution in [3.8, 4) is 0 Å². The SMILES string of the molecule is CC(C)c1cc(C(C)C)c2nncn2c1. The minimum absolute atomic E-state index is 0.482. The highest BCUT2D eigenvalue weighted by Gasteiger charge is 2.11. The van der Waals surface area contributed by atoms with Crippen LogP contribution in [0.25, 0.3) is 5.65 Å². The molecule has 0 fully saturated rings. The lowest BCUT2D eigenvalue weighted by Crippen LogP contribution is -1.99. The van der Waals surface area contributed by atoms with Crippen molar-refractivity contribution < 1.29 is 0 Å². The molecule has 15 heavy (non-hydrogen) atoms. The quantitative estimate of drug-likeness (QED) is 0.751. The van der Waals surface area contributed by atoms with Gasteiger partial charge in [0, 0.05) is 11.8 Å². The van der Waals surface area contributed by atoms with Crippen LogP contribution in [0.4, 0.5) is 0 Å². The fraction of sp³-hybridized carbons (Fsp3) is 0.500. The number of aromatic nitrogens is 3. The minimum atomic E-state index is 0.482. The summed E-state index contributed by atoms with van der Waals surface area (Å²) in [5.74, 6) is 1.02. The first-order chi connectivity index (χ1) is 7.09. The fourth-order valence-corrected chi connectivity index (χ4v) is 1.73. The summed E-state index contributed by atoms with van der Waals surface area (Å²) in [4.78, 5) is 0. The summed E-state index contributed by atoms with van der Waals surface area (Å²) >= 11 is 0. The molecule has 0 radical (unpaired) electrons. The van der Waals surface area contributed by atoms with Gasteiger partial charge in [0.05, 0.1) is 0 Å². The minimum Gasteiger partial charge on any atom is -0.289 e. The van der Waals surface area contributed by atoms with Gasteiger partial charge in [0.25, 0.3) is 0 Å². The maximum absolute atomic E-state index is 4.15. The molecule has 80 valence electrons. The molecule has 3 nitrogen and oxygen atoms in total. The predicted octanol–water partition coefficient (Wildman–Crippen LogP) is 2.98. The number of hydrogen-bond donors (Lipinski definition) is 0. The van der Waals surface area contributed by atoms with Gasteiger partial charge in [-0.15, -0.1) is 10.2 Å². The molecule has 0 aromatic carbocycles. The molecule has 2 heterocycles. The smallest absolute Gasteiger partial charge is 0.164 e. The molecule has 2 rings (SSSR count). The molecule has 0 bridgehead atoms. The maximum atomic E-state index is 4.15. The van der Waals surface area contributed by atoms with E-state index in [1.165, 1.54) is 11.1 Å². The topological polar surface area (TPSA) is 30.2 Å². The second-order valence-electron chi connectivity index (χ2n) is 4.60. The molecule has 0 saturated heterocycles. The summed E-state index contributed by atoms with van der Waals surface area (Å²) in [6, 6.07) is 2.25. The summed E-state index contributed by atoms with van der Waals surface area (Å²) in [6.45, 7) is 8.79. The fourth-order valence-electron chi connectivity index (χ4n) is 1.73. The summed E-state index contributed by atoms with van der Waals surface area (Å²) in [6.07, 6.45) is 3.89. The van der Waals surface area contributed by atoms with Crippen molar-refractivity contribution in [2.45, 2.75) is 39.5 Å². The lowest BCUT2D eigenvalue weighted by molar-refractivity contribution is 0.820. The Labute approximate surface area is 90.1 Å². The summed E-state index contributed by atoms with van der Waals surface area (Å²) < 4.78 is 2.02. The summed E-state index contributed by atoms with van der Waals surface area (Å²) in [5, 5.41) is 8.11. The number of pyridine rings is 1. The second-order valence-corrected chi connectivity index (χ2v) is 4.60. The summed E-state index contributed by atoms with van der Waals surface area (Å²) in [7, 11) is 0. The number of fused-ring (bicyclic) bond motifs is 1. The van der Waals surface area contributed by atoms with Crippen LogP contribution in [0.3, 0.4) is 0 Å². The molecule has 0 aliphatic carbocycles. The van der Waals surface area contributed by atoms with Crippen molar-refractivity contribution in [1.82, 2.24) is 14.6 Å². The molecule has 0 N–H and O–H groups in total. The van der Waals surface area contributed by atoms with E-state index < -0.39 is 0 Å². The van der Waals surface area contributed by atoms with Gasteiger partial charge in [0.1, 0.15) is 6.33 Å². The molecule has 2 aromatic rings. The van der Waals surface area contributed by atoms with Crippen molar-refractivity contribution in [2.24, 2.45) is 0 Å². The van der Waals surface area contributed by atoms with Crippen LogP contribution in [-0.2, 0) is 0 Å². The van der Waals surface area contributed by atoms with Crippen LogP contribution in [0.5, 0.6) is 0 Å². The second kappa shape index (κ2) is 3.65. The summed E-state index contributed by atoms with van der Waals surface area (Å²) in [5.41, 5.74) is 3.60. The van der Waals surface area contributed by atoms with Gasteiger partial charge < -0.3 is 0 Å². The normalized spacial score (nSPS) is 11.9. The highest BCUT2D eigenvalue weighted by molar-refractivity contribution is 5.50. The average Bonchev–Trinajstić information content (AvgIpc) is 2.62. The molecule has 2 aromatic heterocycles. The maximum Gasteiger partial charge on any atom is 0.164 e. The van der Waals surface area contributed by atoms with Crippen LogP contribution in [0.15, 0.2) is 18.6 Å². The molecule has 0 saturated carbocycles. The third-order valence-electron chi connectivity index (χ3n) is 2.73. The van der Waals surface area contributed by atoms with Gasteiger partial charge in [0.15, 0.2) is 5.65 Å². The van der Waals surface area contributed by atoms with Crippen molar-refractivity contribution >= 4 is 5.65 Å². The largest absolute Gasteiger partial charge is 0.289 e. The number of nitrogens with zero attached hydrogens (tertiary/aromatic N) is 3. The first-order valence-electron chi connectivity index (χ1n) is 5.42. The zero-order chi connectivity index (χ0) is 11.0. The predicted molar refractivity (Wildman–Crippen MR) is 61.2 cm³/mol. The monoisotopic (exact) mass is 203 g/mol. The van der Waals surface area contributed by atoms with Gasteiger partial charge in [-0.3, -0.25) is 4.40 Å². The van der Waals surface area contributed by atoms with Crippen LogP contribution in [0.1, 0.15) is 50.7 Å². The van der Waals surface area contributed by atoms with Crippen molar-refractivity contribution in [3.63, 3.8) is 0 Å². The Bertz CT molecular complexity index is 469. The molecule has 0 atom stereocenters. The Balaban J connectivity index is 2.69. The van der Waals surface area contributed by atoms with Crippen LogP contribution in [0.2, 0.25) is 0 Å². The van der Waals surface area contributed by atoms with Gasteiger partial charge >= 0.3 is 0 Å². The first kappa shape index (κ1) is 10.1. The molecule has 0 unspecified atom stereocenters. The highest BCUT2D eigenvalue weighted by atomic mass is 15.2. The number of rotatable bonds is 2. The number of hydrogen-bond acceptors (Lipinski definition) is 2. The molecular formula is C12H17N3. The van der Waals surface area contributed by atoms with Crippen LogP contribution >= 0.6 is 0 Å². The van der Waals surface area contributed by atoms with Crippen molar-refractivity contribution in [1.29, 1.82) is 0 Å². The molecule has 0 aliphatic heterocycles. The molecule has 0 aliphatic rings. The molecular weight excluding hydrogens is 186 g/mol. The van der Waals surface area contributed by atoms with Crippen molar-refractivity contribution in [3.05, 3.63) is 29.7 Å². The Morgan fingerprint density at radius 3 is 2.47 bits per heavy atom. The van der Waals surface area contributed by atoms with Gasteiger partial charge in [0.2, 0.25) is 0 Å². The Morgan fingerprint density at radius 1 is 1.13 bits per heavy atom. The zero-order valence-corrected chi connectivity index (χ0v) is 9.73. The molecule has 0 amide bonds. The standard InChI is InChI=1S/C12H17N3/c1-8(2)10-5-11(9(3)4)12-14-13-7-15(12)6-10/h5-9H,1-4H3. The lowest BCUT2D eigenvalue weighted by atomic mass is 9.98. The van der Waals surface area contributed by atoms with E-state index in [9.17, 15) is 0 Å². The van der Waals surface area contributed by atoms with E-state index >= 15 is 0 Å². The van der Waals surface area contributed by atoms with Gasteiger partial charge in [-0.25, -0.2) is 0 Å². The van der Waals surface area contributed by atoms with E-state index in [2.05, 4.69) is 50.2 Å². The third-order valence-corrected chi connectivity index (χ3v) is 2.73. The van der Waals surface area contributed by atoms with E-state index in [0.29, 0.717) is 11.8 Å². The van der Waals surface area contributed by atoms with Gasteiger partial charge in [-0.2, -0.15) is 0 Å². The van der Waals surface area contributed by atoms with Crippen molar-refractivity contribution in [2.75, 3.05) is 0 Å². The Kier molecular flexibility index (Phi) is 2.47. The Morgan fingerprint density at radius 2 is 1.87 bits per heavy atom. The van der Waals surface area contributed by atoms with Crippen LogP contribution < -0.4 is 0 Å². The zero-order valence-electron chi connectivity index (χ0n) is 9.73. The molecule has 3 heteroatoms. The van der Waals surface area contributed by atoms with Crippen LogP contribution in [-0.4, -0.2) is 14.6 Å². The van der Waals surface area contributed by atoms with E-state index in [0.717, 1.165) is 5.65 Å². The lowest BCUT2D eigenvalue weighted by Gasteiger charge is -2.12. The van der Waals surface area contributed by atoms with E-state index in [-0.39, 0.29) is 0 Å². The highest BCUT2D eigenvalue weighted by Crippen LogP contribution is 2.24. The van der Waals surface area contributed by atoms with Gasteiger partial charge in [-0.1, -0.05) is 33.8 Å². The van der Waals surface area contributed by atoms with E-state index in [1.807, 2.05) is 4.40 Å². The first-order valence-corrected chi connectivity index (χ1v) is 5.42. The Hall–Kier alpha value is -1.38. The average molecular weight is 203 g/mol. The van der Waals surface area contributed by atoms with E-state index in [4.69, 9.17) is 0 Å². The molecule has 0 spiro atoms. The van der Waals surface area contributed by atoms with E-state index in [1.54, 1.807) is 6.33 Å².